The third-order valence-electron chi connectivity index (χ3n) is 4.49. The molecule has 0 aromatic rings. The maximum absolute atomic E-state index is 11.8. The van der Waals surface area contributed by atoms with Gasteiger partial charge in [0.05, 0.1) is 0 Å². The van der Waals surface area contributed by atoms with E-state index in [0.29, 0.717) is 5.92 Å². The zero-order chi connectivity index (χ0) is 12.6. The highest BCUT2D eigenvalue weighted by Gasteiger charge is 2.16. The van der Waals surface area contributed by atoms with Crippen LogP contribution in [-0.4, -0.2) is 25.5 Å². The molecule has 0 aromatic heterocycles. The molecule has 0 radical (unpaired) electrons. The minimum atomic E-state index is 0. The molecule has 3 nitrogen and oxygen atoms in total. The van der Waals surface area contributed by atoms with Gasteiger partial charge in [0.25, 0.3) is 0 Å². The summed E-state index contributed by atoms with van der Waals surface area (Å²) in [6.07, 6.45) is 11.2. The fourth-order valence-electron chi connectivity index (χ4n) is 3.26. The number of hydrogen-bond acceptors (Lipinski definition) is 2. The van der Waals surface area contributed by atoms with Crippen molar-refractivity contribution in [2.24, 2.45) is 11.8 Å². The number of hydrogen-bond donors (Lipinski definition) is 2. The van der Waals surface area contributed by atoms with E-state index in [1.54, 1.807) is 0 Å². The van der Waals surface area contributed by atoms with Crippen LogP contribution in [0.4, 0.5) is 0 Å². The smallest absolute Gasteiger partial charge is 0.220 e. The molecule has 1 amide bonds. The minimum absolute atomic E-state index is 0. The van der Waals surface area contributed by atoms with Gasteiger partial charge >= 0.3 is 0 Å². The first kappa shape index (κ1) is 16.8. The third kappa shape index (κ3) is 6.62. The Morgan fingerprint density at radius 2 is 1.79 bits per heavy atom. The van der Waals surface area contributed by atoms with E-state index in [9.17, 15) is 4.79 Å². The summed E-state index contributed by atoms with van der Waals surface area (Å²) in [5, 5.41) is 6.50. The number of halogens is 1. The number of piperidine rings is 1. The van der Waals surface area contributed by atoms with Crippen molar-refractivity contribution < 1.29 is 4.79 Å². The summed E-state index contributed by atoms with van der Waals surface area (Å²) >= 11 is 0. The van der Waals surface area contributed by atoms with Crippen LogP contribution in [0.15, 0.2) is 0 Å². The lowest BCUT2D eigenvalue weighted by Gasteiger charge is -2.23. The van der Waals surface area contributed by atoms with E-state index in [1.165, 1.54) is 44.9 Å². The van der Waals surface area contributed by atoms with Crippen LogP contribution in [0.5, 0.6) is 0 Å². The lowest BCUT2D eigenvalue weighted by Crippen LogP contribution is -2.38. The second kappa shape index (κ2) is 9.60. The summed E-state index contributed by atoms with van der Waals surface area (Å²) in [6.45, 7) is 3.09. The number of amides is 1. The molecule has 1 aliphatic heterocycles. The van der Waals surface area contributed by atoms with Crippen LogP contribution < -0.4 is 10.6 Å². The highest BCUT2D eigenvalue weighted by atomic mass is 35.5. The molecule has 1 heterocycles. The van der Waals surface area contributed by atoms with Crippen LogP contribution in [0.3, 0.4) is 0 Å². The molecule has 1 aliphatic carbocycles. The Balaban J connectivity index is 0.00000180. The number of rotatable bonds is 5. The topological polar surface area (TPSA) is 41.1 Å². The Labute approximate surface area is 123 Å². The van der Waals surface area contributed by atoms with Crippen molar-refractivity contribution in [3.05, 3.63) is 0 Å². The summed E-state index contributed by atoms with van der Waals surface area (Å²) in [7, 11) is 0. The molecule has 2 rings (SSSR count). The zero-order valence-electron chi connectivity index (χ0n) is 12.0. The third-order valence-corrected chi connectivity index (χ3v) is 4.49. The summed E-state index contributed by atoms with van der Waals surface area (Å²) in [5.41, 5.74) is 0. The van der Waals surface area contributed by atoms with Gasteiger partial charge in [-0.3, -0.25) is 4.79 Å². The van der Waals surface area contributed by atoms with Crippen LogP contribution >= 0.6 is 12.4 Å². The highest BCUT2D eigenvalue weighted by Crippen LogP contribution is 2.27. The maximum Gasteiger partial charge on any atom is 0.220 e. The second-order valence-corrected chi connectivity index (χ2v) is 6.06. The van der Waals surface area contributed by atoms with Crippen LogP contribution in [0, 0.1) is 11.8 Å². The fraction of sp³-hybridized carbons (Fsp3) is 0.933. The second-order valence-electron chi connectivity index (χ2n) is 6.06. The molecule has 4 heteroatoms. The van der Waals surface area contributed by atoms with E-state index in [4.69, 9.17) is 0 Å². The summed E-state index contributed by atoms with van der Waals surface area (Å²) in [6, 6.07) is 0. The number of nitrogens with one attached hydrogen (secondary N) is 2. The average Bonchev–Trinajstić information content (AvgIpc) is 2.45. The highest BCUT2D eigenvalue weighted by molar-refractivity contribution is 5.85. The molecule has 1 saturated heterocycles. The van der Waals surface area contributed by atoms with E-state index < -0.39 is 0 Å². The standard InChI is InChI=1S/C15H28N2O.ClH/c18-15(9-8-13-5-2-1-3-6-13)17-12-14-7-4-10-16-11-14;/h13-14,16H,1-12H2,(H,17,18);1H. The van der Waals surface area contributed by atoms with Gasteiger partial charge in [0.1, 0.15) is 0 Å². The van der Waals surface area contributed by atoms with Gasteiger partial charge in [-0.1, -0.05) is 32.1 Å². The van der Waals surface area contributed by atoms with Crippen LogP contribution in [0.25, 0.3) is 0 Å². The van der Waals surface area contributed by atoms with Gasteiger partial charge in [-0.05, 0) is 44.2 Å². The van der Waals surface area contributed by atoms with Gasteiger partial charge in [-0.2, -0.15) is 0 Å². The van der Waals surface area contributed by atoms with Gasteiger partial charge in [-0.25, -0.2) is 0 Å². The molecule has 2 aliphatic rings. The molecular weight excluding hydrogens is 260 g/mol. The lowest BCUT2D eigenvalue weighted by atomic mass is 9.86. The Hall–Kier alpha value is -0.280. The predicted octanol–water partition coefficient (Wildman–Crippen LogP) is 2.88. The van der Waals surface area contributed by atoms with Gasteiger partial charge in [0, 0.05) is 13.0 Å². The Morgan fingerprint density at radius 3 is 2.47 bits per heavy atom. The van der Waals surface area contributed by atoms with Crippen LogP contribution in [0.2, 0.25) is 0 Å². The summed E-state index contributed by atoms with van der Waals surface area (Å²) in [4.78, 5) is 11.8. The fourth-order valence-corrected chi connectivity index (χ4v) is 3.26. The van der Waals surface area contributed by atoms with Gasteiger partial charge < -0.3 is 10.6 Å². The van der Waals surface area contributed by atoms with Crippen molar-refractivity contribution >= 4 is 18.3 Å². The van der Waals surface area contributed by atoms with Crippen LogP contribution in [0.1, 0.15) is 57.8 Å². The average molecular weight is 289 g/mol. The molecule has 2 fully saturated rings. The van der Waals surface area contributed by atoms with Gasteiger partial charge in [0.2, 0.25) is 5.91 Å². The SMILES string of the molecule is Cl.O=C(CCC1CCCCC1)NCC1CCCNC1. The van der Waals surface area contributed by atoms with E-state index in [1.807, 2.05) is 0 Å². The first-order valence-electron chi connectivity index (χ1n) is 7.82. The molecule has 2 N–H and O–H groups in total. The van der Waals surface area contributed by atoms with Crippen molar-refractivity contribution in [1.29, 1.82) is 0 Å². The predicted molar refractivity (Wildman–Crippen MR) is 81.7 cm³/mol. The van der Waals surface area contributed by atoms with E-state index in [-0.39, 0.29) is 18.3 Å². The lowest BCUT2D eigenvalue weighted by molar-refractivity contribution is -0.121. The molecule has 0 aromatic carbocycles. The maximum atomic E-state index is 11.8. The van der Waals surface area contributed by atoms with E-state index in [2.05, 4.69) is 10.6 Å². The molecule has 0 spiro atoms. The van der Waals surface area contributed by atoms with Crippen molar-refractivity contribution in [3.8, 4) is 0 Å². The first-order valence-corrected chi connectivity index (χ1v) is 7.82. The van der Waals surface area contributed by atoms with Crippen molar-refractivity contribution in [1.82, 2.24) is 10.6 Å². The summed E-state index contributed by atoms with van der Waals surface area (Å²) in [5.74, 6) is 1.74. The molecular formula is C15H29ClN2O. The largest absolute Gasteiger partial charge is 0.356 e. The molecule has 1 saturated carbocycles. The van der Waals surface area contributed by atoms with Crippen molar-refractivity contribution in [2.75, 3.05) is 19.6 Å². The Morgan fingerprint density at radius 1 is 1.05 bits per heavy atom. The minimum Gasteiger partial charge on any atom is -0.356 e. The van der Waals surface area contributed by atoms with Crippen LogP contribution in [-0.2, 0) is 4.79 Å². The normalized spacial score (nSPS) is 24.5. The molecule has 112 valence electrons. The first-order chi connectivity index (χ1) is 8.84. The Kier molecular flexibility index (Phi) is 8.47. The van der Waals surface area contributed by atoms with Gasteiger partial charge in [-0.15, -0.1) is 12.4 Å². The van der Waals surface area contributed by atoms with Gasteiger partial charge in [0.15, 0.2) is 0 Å². The van der Waals surface area contributed by atoms with Crippen molar-refractivity contribution in [2.45, 2.75) is 57.8 Å². The zero-order valence-corrected chi connectivity index (χ0v) is 12.8. The summed E-state index contributed by atoms with van der Waals surface area (Å²) < 4.78 is 0. The van der Waals surface area contributed by atoms with E-state index in [0.717, 1.165) is 38.4 Å². The molecule has 19 heavy (non-hydrogen) atoms. The quantitative estimate of drug-likeness (QED) is 0.817. The monoisotopic (exact) mass is 288 g/mol. The molecule has 1 unspecified atom stereocenters. The molecule has 0 bridgehead atoms. The molecule has 1 atom stereocenters. The Bertz CT molecular complexity index is 225. The van der Waals surface area contributed by atoms with Crippen molar-refractivity contribution in [3.63, 3.8) is 0 Å². The number of carbonyl (C=O) groups is 1. The van der Waals surface area contributed by atoms with E-state index >= 15 is 0 Å². The number of carbonyl (C=O) groups excluding carboxylic acids is 1.